The number of anilines is 1. The van der Waals surface area contributed by atoms with Crippen molar-refractivity contribution in [1.29, 1.82) is 0 Å². The molecule has 0 aliphatic heterocycles. The number of benzene rings is 3. The number of hydrogen-bond acceptors (Lipinski definition) is 4. The number of aromatic nitrogens is 2. The smallest absolute Gasteiger partial charge is 0.264 e. The first-order valence-corrected chi connectivity index (χ1v) is 11.4. The molecule has 3 aromatic carbocycles. The first-order chi connectivity index (χ1) is 15.3. The summed E-state index contributed by atoms with van der Waals surface area (Å²) in [4.78, 5) is 19.3. The van der Waals surface area contributed by atoms with Gasteiger partial charge in [0.1, 0.15) is 16.5 Å². The Morgan fingerprint density at radius 1 is 1.06 bits per heavy atom. The number of nitrogens with one attached hydrogen (secondary N) is 3. The predicted molar refractivity (Wildman–Crippen MR) is 120 cm³/mol. The number of amides is 1. The number of rotatable bonds is 7. The van der Waals surface area contributed by atoms with E-state index in [4.69, 9.17) is 11.6 Å². The summed E-state index contributed by atoms with van der Waals surface area (Å²) in [5, 5.41) is 2.90. The number of fused-ring (bicyclic) bond motifs is 1. The molecule has 32 heavy (non-hydrogen) atoms. The number of nitrogens with zero attached hydrogens (tertiary/aromatic N) is 1. The lowest BCUT2D eigenvalue weighted by Gasteiger charge is -2.10. The highest BCUT2D eigenvalue weighted by molar-refractivity contribution is 7.92. The van der Waals surface area contributed by atoms with E-state index in [1.807, 2.05) is 24.3 Å². The molecule has 1 heterocycles. The van der Waals surface area contributed by atoms with Crippen molar-refractivity contribution < 1.29 is 17.6 Å². The molecule has 3 N–H and O–H groups in total. The van der Waals surface area contributed by atoms with Gasteiger partial charge in [-0.1, -0.05) is 35.9 Å². The molecule has 0 saturated heterocycles. The molecule has 1 aromatic heterocycles. The number of para-hydroxylation sites is 2. The van der Waals surface area contributed by atoms with Gasteiger partial charge < -0.3 is 10.3 Å². The van der Waals surface area contributed by atoms with Crippen LogP contribution in [0, 0.1) is 5.82 Å². The van der Waals surface area contributed by atoms with Gasteiger partial charge in [-0.3, -0.25) is 9.52 Å². The third kappa shape index (κ3) is 5.06. The second-order valence-corrected chi connectivity index (χ2v) is 9.12. The van der Waals surface area contributed by atoms with Crippen molar-refractivity contribution in [3.8, 4) is 0 Å². The fraction of sp³-hybridized carbons (Fsp3) is 0.0909. The van der Waals surface area contributed by atoms with Crippen LogP contribution in [-0.2, 0) is 27.8 Å². The Bertz CT molecular complexity index is 1360. The lowest BCUT2D eigenvalue weighted by Crippen LogP contribution is -2.25. The molecular formula is C22H18ClFN4O3S. The molecule has 1 amide bonds. The van der Waals surface area contributed by atoms with Crippen LogP contribution in [0.3, 0.4) is 0 Å². The molecule has 4 aromatic rings. The number of carbonyl (C=O) groups is 1. The van der Waals surface area contributed by atoms with E-state index in [1.165, 1.54) is 18.2 Å². The van der Waals surface area contributed by atoms with E-state index in [1.54, 1.807) is 12.1 Å². The van der Waals surface area contributed by atoms with Gasteiger partial charge in [-0.25, -0.2) is 17.8 Å². The van der Waals surface area contributed by atoms with Gasteiger partial charge in [0.15, 0.2) is 0 Å². The highest BCUT2D eigenvalue weighted by atomic mass is 35.5. The van der Waals surface area contributed by atoms with Gasteiger partial charge in [-0.2, -0.15) is 0 Å². The number of sulfonamides is 1. The summed E-state index contributed by atoms with van der Waals surface area (Å²) in [7, 11) is -4.12. The normalized spacial score (nSPS) is 11.4. The summed E-state index contributed by atoms with van der Waals surface area (Å²) in [5.41, 5.74) is 2.65. The zero-order valence-corrected chi connectivity index (χ0v) is 18.2. The van der Waals surface area contributed by atoms with E-state index in [-0.39, 0.29) is 29.6 Å². The van der Waals surface area contributed by atoms with Gasteiger partial charge in [0.2, 0.25) is 5.91 Å². The van der Waals surface area contributed by atoms with Crippen molar-refractivity contribution in [1.82, 2.24) is 15.3 Å². The second kappa shape index (κ2) is 8.97. The first-order valence-electron chi connectivity index (χ1n) is 9.57. The summed E-state index contributed by atoms with van der Waals surface area (Å²) in [6.07, 6.45) is 0.110. The van der Waals surface area contributed by atoms with Crippen molar-refractivity contribution in [2.45, 2.75) is 17.9 Å². The fourth-order valence-electron chi connectivity index (χ4n) is 3.11. The summed E-state index contributed by atoms with van der Waals surface area (Å²) >= 11 is 5.67. The molecule has 164 valence electrons. The minimum absolute atomic E-state index is 0.101. The maximum absolute atomic E-state index is 14.0. The first kappa shape index (κ1) is 21.8. The largest absolute Gasteiger partial charge is 0.349 e. The van der Waals surface area contributed by atoms with E-state index in [0.717, 1.165) is 23.2 Å². The Morgan fingerprint density at radius 3 is 2.53 bits per heavy atom. The molecule has 0 radical (unpaired) electrons. The molecule has 7 nitrogen and oxygen atoms in total. The van der Waals surface area contributed by atoms with Crippen LogP contribution in [0.2, 0.25) is 5.02 Å². The molecular weight excluding hydrogens is 455 g/mol. The molecule has 0 saturated carbocycles. The van der Waals surface area contributed by atoms with Crippen LogP contribution in [-0.4, -0.2) is 24.3 Å². The molecule has 0 atom stereocenters. The van der Waals surface area contributed by atoms with Gasteiger partial charge in [0.05, 0.1) is 24.0 Å². The quantitative estimate of drug-likeness (QED) is 0.378. The zero-order chi connectivity index (χ0) is 22.7. The number of H-pyrrole nitrogens is 1. The minimum atomic E-state index is -4.12. The topological polar surface area (TPSA) is 104 Å². The monoisotopic (exact) mass is 472 g/mol. The molecule has 0 bridgehead atoms. The van der Waals surface area contributed by atoms with Crippen LogP contribution in [0.4, 0.5) is 10.1 Å². The van der Waals surface area contributed by atoms with Crippen molar-refractivity contribution >= 4 is 44.3 Å². The van der Waals surface area contributed by atoms with Crippen LogP contribution in [0.15, 0.2) is 71.6 Å². The van der Waals surface area contributed by atoms with E-state index in [0.29, 0.717) is 11.4 Å². The van der Waals surface area contributed by atoms with Crippen molar-refractivity contribution in [2.24, 2.45) is 0 Å². The van der Waals surface area contributed by atoms with Gasteiger partial charge in [-0.15, -0.1) is 0 Å². The molecule has 0 fully saturated rings. The maximum Gasteiger partial charge on any atom is 0.264 e. The number of aromatic amines is 1. The third-order valence-corrected chi connectivity index (χ3v) is 6.30. The Hall–Kier alpha value is -3.43. The Labute approximate surface area is 188 Å². The number of hydrogen-bond donors (Lipinski definition) is 3. The lowest BCUT2D eigenvalue weighted by molar-refractivity contribution is -0.120. The van der Waals surface area contributed by atoms with Gasteiger partial charge in [0.25, 0.3) is 10.0 Å². The zero-order valence-electron chi connectivity index (χ0n) is 16.6. The highest BCUT2D eigenvalue weighted by Gasteiger charge is 2.19. The number of carbonyl (C=O) groups excluding carboxylic acids is 1. The molecule has 0 unspecified atom stereocenters. The standard InChI is InChI=1S/C22H18ClFN4O3S/c23-15-7-10-20(17(24)12-15)32(30,31)28-16-8-5-14(6-9-16)11-22(29)25-13-21-26-18-3-1-2-4-19(18)27-21/h1-10,12,28H,11,13H2,(H,25,29)(H,26,27). The lowest BCUT2D eigenvalue weighted by atomic mass is 10.1. The van der Waals surface area contributed by atoms with Crippen molar-refractivity contribution in [3.63, 3.8) is 0 Å². The predicted octanol–water partition coefficient (Wildman–Crippen LogP) is 4.02. The van der Waals surface area contributed by atoms with Crippen LogP contribution in [0.1, 0.15) is 11.4 Å². The van der Waals surface area contributed by atoms with Gasteiger partial charge in [-0.05, 0) is 48.0 Å². The Kier molecular flexibility index (Phi) is 6.11. The molecule has 4 rings (SSSR count). The average Bonchev–Trinajstić information content (AvgIpc) is 3.16. The number of imidazole rings is 1. The fourth-order valence-corrected chi connectivity index (χ4v) is 4.39. The molecule has 0 aliphatic carbocycles. The second-order valence-electron chi connectivity index (χ2n) is 7.03. The molecule has 0 spiro atoms. The van der Waals surface area contributed by atoms with Gasteiger partial charge in [0, 0.05) is 10.7 Å². The summed E-state index contributed by atoms with van der Waals surface area (Å²) in [5.74, 6) is -0.497. The van der Waals surface area contributed by atoms with Crippen LogP contribution in [0.25, 0.3) is 11.0 Å². The van der Waals surface area contributed by atoms with E-state index < -0.39 is 20.7 Å². The summed E-state index contributed by atoms with van der Waals surface area (Å²) in [6.45, 7) is 0.262. The minimum Gasteiger partial charge on any atom is -0.349 e. The SMILES string of the molecule is O=C(Cc1ccc(NS(=O)(=O)c2ccc(Cl)cc2F)cc1)NCc1nc2ccccc2[nH]1. The molecule has 10 heteroatoms. The van der Waals surface area contributed by atoms with Gasteiger partial charge >= 0.3 is 0 Å². The Balaban J connectivity index is 1.35. The summed E-state index contributed by atoms with van der Waals surface area (Å²) < 4.78 is 41.1. The van der Waals surface area contributed by atoms with Crippen LogP contribution >= 0.6 is 11.6 Å². The Morgan fingerprint density at radius 2 is 1.81 bits per heavy atom. The van der Waals surface area contributed by atoms with E-state index in [9.17, 15) is 17.6 Å². The average molecular weight is 473 g/mol. The van der Waals surface area contributed by atoms with E-state index in [2.05, 4.69) is 20.0 Å². The van der Waals surface area contributed by atoms with Crippen molar-refractivity contribution in [2.75, 3.05) is 4.72 Å². The van der Waals surface area contributed by atoms with Crippen LogP contribution < -0.4 is 10.0 Å². The number of halogens is 2. The van der Waals surface area contributed by atoms with Crippen molar-refractivity contribution in [3.05, 3.63) is 89.0 Å². The third-order valence-electron chi connectivity index (χ3n) is 4.65. The summed E-state index contributed by atoms with van der Waals surface area (Å²) in [6, 6.07) is 17.2. The maximum atomic E-state index is 14.0. The van der Waals surface area contributed by atoms with E-state index >= 15 is 0 Å². The molecule has 0 aliphatic rings. The highest BCUT2D eigenvalue weighted by Crippen LogP contribution is 2.22. The van der Waals surface area contributed by atoms with Crippen LogP contribution in [0.5, 0.6) is 0 Å².